The van der Waals surface area contributed by atoms with Crippen LogP contribution in [0.2, 0.25) is 5.02 Å². The number of benzene rings is 2. The van der Waals surface area contributed by atoms with E-state index in [2.05, 4.69) is 9.71 Å². The van der Waals surface area contributed by atoms with Crippen LogP contribution in [0.4, 0.5) is 0 Å². The van der Waals surface area contributed by atoms with Crippen LogP contribution in [-0.2, 0) is 22.9 Å². The number of nitrogens with one attached hydrogen (secondary N) is 2. The van der Waals surface area contributed by atoms with E-state index in [1.807, 2.05) is 37.3 Å². The molecule has 4 nitrogen and oxygen atoms in total. The van der Waals surface area contributed by atoms with Gasteiger partial charge in [-0.15, -0.1) is 0 Å². The topological polar surface area (TPSA) is 62.0 Å². The summed E-state index contributed by atoms with van der Waals surface area (Å²) in [5.74, 6) is 0. The average Bonchev–Trinajstić information content (AvgIpc) is 2.92. The molecule has 6 heteroatoms. The van der Waals surface area contributed by atoms with Crippen molar-refractivity contribution in [1.29, 1.82) is 0 Å². The third-order valence-corrected chi connectivity index (χ3v) is 6.77. The van der Waals surface area contributed by atoms with E-state index < -0.39 is 10.0 Å². The summed E-state index contributed by atoms with van der Waals surface area (Å²) in [6.45, 7) is 1.81. The zero-order chi connectivity index (χ0) is 17.6. The summed E-state index contributed by atoms with van der Waals surface area (Å²) in [7, 11) is -3.52. The molecule has 0 amide bonds. The van der Waals surface area contributed by atoms with Crippen LogP contribution in [0.1, 0.15) is 23.2 Å². The minimum atomic E-state index is -3.52. The van der Waals surface area contributed by atoms with Gasteiger partial charge in [-0.2, -0.15) is 0 Å². The van der Waals surface area contributed by atoms with Crippen molar-refractivity contribution < 1.29 is 8.42 Å². The minimum Gasteiger partial charge on any atom is -0.358 e. The highest BCUT2D eigenvalue weighted by Crippen LogP contribution is 2.31. The fraction of sp³-hybridized carbons (Fsp3) is 0.263. The molecule has 0 aliphatic heterocycles. The van der Waals surface area contributed by atoms with E-state index in [0.29, 0.717) is 16.3 Å². The largest absolute Gasteiger partial charge is 0.358 e. The van der Waals surface area contributed by atoms with Crippen molar-refractivity contribution in [3.05, 3.63) is 64.3 Å². The molecule has 4 rings (SSSR count). The van der Waals surface area contributed by atoms with Gasteiger partial charge in [-0.25, -0.2) is 13.1 Å². The molecule has 1 aromatic heterocycles. The molecule has 0 saturated carbocycles. The fourth-order valence-electron chi connectivity index (χ4n) is 3.63. The number of rotatable bonds is 3. The second-order valence-electron chi connectivity index (χ2n) is 6.60. The second-order valence-corrected chi connectivity index (χ2v) is 8.72. The molecule has 1 aliphatic carbocycles. The van der Waals surface area contributed by atoms with E-state index in [-0.39, 0.29) is 6.04 Å². The zero-order valence-electron chi connectivity index (χ0n) is 13.8. The molecular formula is C19H19ClN2O2S. The molecule has 0 bridgehead atoms. The van der Waals surface area contributed by atoms with Crippen molar-refractivity contribution in [2.45, 2.75) is 37.1 Å². The van der Waals surface area contributed by atoms with Gasteiger partial charge in [0.1, 0.15) is 0 Å². The van der Waals surface area contributed by atoms with E-state index in [0.717, 1.165) is 29.3 Å². The molecule has 25 heavy (non-hydrogen) atoms. The Labute approximate surface area is 152 Å². The summed E-state index contributed by atoms with van der Waals surface area (Å²) in [4.78, 5) is 3.78. The van der Waals surface area contributed by atoms with E-state index in [1.165, 1.54) is 11.3 Å². The summed E-state index contributed by atoms with van der Waals surface area (Å²) >= 11 is 6.13. The number of H-pyrrole nitrogens is 1. The van der Waals surface area contributed by atoms with Crippen LogP contribution in [0.3, 0.4) is 0 Å². The number of hydrogen-bond acceptors (Lipinski definition) is 2. The van der Waals surface area contributed by atoms with E-state index >= 15 is 0 Å². The maximum atomic E-state index is 12.7. The lowest BCUT2D eigenvalue weighted by atomic mass is 9.92. The summed E-state index contributed by atoms with van der Waals surface area (Å²) < 4.78 is 28.4. The molecule has 1 aliphatic rings. The van der Waals surface area contributed by atoms with Crippen LogP contribution in [0.15, 0.2) is 47.4 Å². The Morgan fingerprint density at radius 2 is 2.00 bits per heavy atom. The predicted octanol–water partition coefficient (Wildman–Crippen LogP) is 3.97. The molecule has 0 fully saturated rings. The first-order valence-corrected chi connectivity index (χ1v) is 10.2. The third-order valence-electron chi connectivity index (χ3n) is 4.85. The van der Waals surface area contributed by atoms with Crippen molar-refractivity contribution >= 4 is 32.5 Å². The van der Waals surface area contributed by atoms with Gasteiger partial charge in [0.2, 0.25) is 10.0 Å². The van der Waals surface area contributed by atoms with Crippen LogP contribution in [0.25, 0.3) is 10.9 Å². The zero-order valence-corrected chi connectivity index (χ0v) is 15.4. The summed E-state index contributed by atoms with van der Waals surface area (Å²) in [5, 5.41) is 1.78. The number of sulfonamides is 1. The van der Waals surface area contributed by atoms with Gasteiger partial charge >= 0.3 is 0 Å². The molecule has 1 atom stereocenters. The molecule has 1 unspecified atom stereocenters. The minimum absolute atomic E-state index is 0.116. The van der Waals surface area contributed by atoms with Gasteiger partial charge in [0, 0.05) is 27.7 Å². The Bertz CT molecular complexity index is 1060. The van der Waals surface area contributed by atoms with Gasteiger partial charge < -0.3 is 4.98 Å². The first-order chi connectivity index (χ1) is 11.9. The summed E-state index contributed by atoms with van der Waals surface area (Å²) in [6.07, 6.45) is 2.27. The number of aromatic nitrogens is 1. The van der Waals surface area contributed by atoms with Crippen molar-refractivity contribution in [1.82, 2.24) is 9.71 Å². The lowest BCUT2D eigenvalue weighted by Crippen LogP contribution is -2.38. The van der Waals surface area contributed by atoms with Crippen LogP contribution in [0, 0.1) is 6.92 Å². The van der Waals surface area contributed by atoms with Gasteiger partial charge in [0.05, 0.1) is 4.90 Å². The van der Waals surface area contributed by atoms with Gasteiger partial charge in [-0.3, -0.25) is 0 Å². The number of halogens is 1. The molecule has 1 heterocycles. The van der Waals surface area contributed by atoms with Crippen LogP contribution < -0.4 is 4.72 Å². The highest BCUT2D eigenvalue weighted by Gasteiger charge is 2.27. The number of fused-ring (bicyclic) bond motifs is 3. The number of aromatic amines is 1. The first-order valence-electron chi connectivity index (χ1n) is 8.31. The normalized spacial score (nSPS) is 17.6. The van der Waals surface area contributed by atoms with Crippen LogP contribution in [-0.4, -0.2) is 19.4 Å². The van der Waals surface area contributed by atoms with E-state index in [9.17, 15) is 8.42 Å². The van der Waals surface area contributed by atoms with Crippen molar-refractivity contribution in [2.24, 2.45) is 0 Å². The Hall–Kier alpha value is -1.82. The Morgan fingerprint density at radius 3 is 2.80 bits per heavy atom. The summed E-state index contributed by atoms with van der Waals surface area (Å²) in [6, 6.07) is 12.7. The van der Waals surface area contributed by atoms with Gasteiger partial charge in [0.25, 0.3) is 0 Å². The molecular weight excluding hydrogens is 356 g/mol. The standard InChI is InChI=1S/C19H19ClN2O2S/c1-12-4-2-3-5-19(12)25(23,24)22-14-7-9-18-16(11-14)15-10-13(20)6-8-17(15)21-18/h2-6,8,10,14,21-22H,7,9,11H2,1H3. The lowest BCUT2D eigenvalue weighted by Gasteiger charge is -2.24. The van der Waals surface area contributed by atoms with E-state index in [1.54, 1.807) is 12.1 Å². The van der Waals surface area contributed by atoms with Crippen LogP contribution >= 0.6 is 11.6 Å². The van der Waals surface area contributed by atoms with Crippen molar-refractivity contribution in [2.75, 3.05) is 0 Å². The van der Waals surface area contributed by atoms with Crippen molar-refractivity contribution in [3.63, 3.8) is 0 Å². The summed E-state index contributed by atoms with van der Waals surface area (Å²) in [5.41, 5.74) is 4.16. The molecule has 0 spiro atoms. The number of aryl methyl sites for hydroxylation is 2. The Morgan fingerprint density at radius 1 is 1.20 bits per heavy atom. The first kappa shape index (κ1) is 16.6. The average molecular weight is 375 g/mol. The van der Waals surface area contributed by atoms with Gasteiger partial charge in [-0.1, -0.05) is 29.8 Å². The van der Waals surface area contributed by atoms with Crippen LogP contribution in [0.5, 0.6) is 0 Å². The Kier molecular flexibility index (Phi) is 4.10. The molecule has 130 valence electrons. The molecule has 2 aromatic carbocycles. The molecule has 3 aromatic rings. The van der Waals surface area contributed by atoms with Gasteiger partial charge in [-0.05, 0) is 61.6 Å². The maximum Gasteiger partial charge on any atom is 0.241 e. The molecule has 2 N–H and O–H groups in total. The maximum absolute atomic E-state index is 12.7. The highest BCUT2D eigenvalue weighted by molar-refractivity contribution is 7.89. The monoisotopic (exact) mass is 374 g/mol. The second kappa shape index (κ2) is 6.16. The number of hydrogen-bond donors (Lipinski definition) is 2. The highest BCUT2D eigenvalue weighted by atomic mass is 35.5. The van der Waals surface area contributed by atoms with Crippen molar-refractivity contribution in [3.8, 4) is 0 Å². The van der Waals surface area contributed by atoms with E-state index in [4.69, 9.17) is 11.6 Å². The molecule has 0 saturated heterocycles. The smallest absolute Gasteiger partial charge is 0.241 e. The molecule has 0 radical (unpaired) electrons. The SMILES string of the molecule is Cc1ccccc1S(=O)(=O)NC1CCc2[nH]c3ccc(Cl)cc3c2C1. The fourth-order valence-corrected chi connectivity index (χ4v) is 5.32. The Balaban J connectivity index is 1.63. The van der Waals surface area contributed by atoms with Gasteiger partial charge in [0.15, 0.2) is 0 Å². The predicted molar refractivity (Wildman–Crippen MR) is 101 cm³/mol. The third kappa shape index (κ3) is 3.08. The lowest BCUT2D eigenvalue weighted by molar-refractivity contribution is 0.506. The quantitative estimate of drug-likeness (QED) is 0.728.